The zero-order valence-electron chi connectivity index (χ0n) is 19.3. The number of methoxy groups -OCH3 is 1. The Morgan fingerprint density at radius 2 is 1.94 bits per heavy atom. The summed E-state index contributed by atoms with van der Waals surface area (Å²) in [5.41, 5.74) is 2.10. The molecule has 2 aliphatic rings. The lowest BCUT2D eigenvalue weighted by Gasteiger charge is -2.23. The fourth-order valence-electron chi connectivity index (χ4n) is 5.49. The average Bonchev–Trinajstić information content (AvgIpc) is 3.40. The fourth-order valence-corrected chi connectivity index (χ4v) is 5.49. The van der Waals surface area contributed by atoms with Crippen LogP contribution in [0.1, 0.15) is 42.2 Å². The van der Waals surface area contributed by atoms with E-state index in [0.717, 1.165) is 35.4 Å². The Kier molecular flexibility index (Phi) is 5.56. The number of fused-ring (bicyclic) bond motifs is 2. The van der Waals surface area contributed by atoms with Crippen LogP contribution in [0.25, 0.3) is 22.2 Å². The van der Waals surface area contributed by atoms with E-state index in [2.05, 4.69) is 9.88 Å². The summed E-state index contributed by atoms with van der Waals surface area (Å²) in [6.07, 6.45) is 3.78. The van der Waals surface area contributed by atoms with Gasteiger partial charge in [0, 0.05) is 24.0 Å². The van der Waals surface area contributed by atoms with Gasteiger partial charge in [-0.2, -0.15) is 0 Å². The number of hydrogen-bond acceptors (Lipinski definition) is 6. The van der Waals surface area contributed by atoms with Crippen LogP contribution in [0.15, 0.2) is 35.1 Å². The number of rotatable bonds is 5. The fraction of sp³-hybridized carbons (Fsp3) is 0.423. The van der Waals surface area contributed by atoms with Gasteiger partial charge in [-0.1, -0.05) is 24.6 Å². The first-order valence-corrected chi connectivity index (χ1v) is 11.6. The smallest absolute Gasteiger partial charge is 0.344 e. The summed E-state index contributed by atoms with van der Waals surface area (Å²) in [7, 11) is 1.43. The lowest BCUT2D eigenvalue weighted by atomic mass is 10.0. The quantitative estimate of drug-likeness (QED) is 0.587. The Labute approximate surface area is 192 Å². The van der Waals surface area contributed by atoms with Crippen molar-refractivity contribution in [1.29, 1.82) is 0 Å². The normalized spacial score (nSPS) is 19.7. The minimum Gasteiger partial charge on any atom is -0.491 e. The number of esters is 1. The monoisotopic (exact) mass is 447 g/mol. The summed E-state index contributed by atoms with van der Waals surface area (Å²) >= 11 is 0. The van der Waals surface area contributed by atoms with E-state index in [-0.39, 0.29) is 17.9 Å². The number of pyridine rings is 2. The molecule has 2 atom stereocenters. The van der Waals surface area contributed by atoms with Gasteiger partial charge in [0.05, 0.1) is 30.6 Å². The highest BCUT2D eigenvalue weighted by Crippen LogP contribution is 2.42. The molecule has 3 aromatic rings. The van der Waals surface area contributed by atoms with Crippen molar-refractivity contribution in [2.24, 2.45) is 11.8 Å². The Balaban J connectivity index is 1.76. The Bertz CT molecular complexity index is 1270. The minimum atomic E-state index is -0.663. The van der Waals surface area contributed by atoms with Gasteiger partial charge in [-0.05, 0) is 50.7 Å². The molecule has 2 fully saturated rings. The third kappa shape index (κ3) is 3.65. The lowest BCUT2D eigenvalue weighted by Crippen LogP contribution is -2.25. The van der Waals surface area contributed by atoms with Gasteiger partial charge in [-0.25, -0.2) is 9.78 Å². The number of hydrogen-bond donors (Lipinski definition) is 1. The number of aromatic nitrogens is 2. The van der Waals surface area contributed by atoms with E-state index in [1.54, 1.807) is 13.8 Å². The van der Waals surface area contributed by atoms with E-state index >= 15 is 0 Å². The largest absolute Gasteiger partial charge is 0.491 e. The SMILES string of the molecule is CCOC(=O)c1c(-c2cc3ccccc3nc2N2CC3CCCC3C2)[nH]c(C)c(OC)c1=O. The molecule has 0 amide bonds. The van der Waals surface area contributed by atoms with Crippen LogP contribution >= 0.6 is 0 Å². The number of anilines is 1. The first-order valence-electron chi connectivity index (χ1n) is 11.6. The predicted octanol–water partition coefficient (Wildman–Crippen LogP) is 4.32. The van der Waals surface area contributed by atoms with Crippen molar-refractivity contribution in [3.63, 3.8) is 0 Å². The number of H-pyrrole nitrogens is 1. The zero-order valence-corrected chi connectivity index (χ0v) is 19.3. The molecule has 1 saturated heterocycles. The summed E-state index contributed by atoms with van der Waals surface area (Å²) in [6.45, 7) is 5.55. The Hall–Kier alpha value is -3.35. The average molecular weight is 448 g/mol. The van der Waals surface area contributed by atoms with Crippen molar-refractivity contribution in [3.05, 3.63) is 51.8 Å². The van der Waals surface area contributed by atoms with Gasteiger partial charge in [0.25, 0.3) is 0 Å². The molecule has 5 rings (SSSR count). The maximum Gasteiger partial charge on any atom is 0.344 e. The first-order chi connectivity index (χ1) is 16.0. The van der Waals surface area contributed by atoms with Gasteiger partial charge in [-0.15, -0.1) is 0 Å². The second-order valence-electron chi connectivity index (χ2n) is 8.99. The van der Waals surface area contributed by atoms with Gasteiger partial charge in [-0.3, -0.25) is 4.79 Å². The van der Waals surface area contributed by atoms with Gasteiger partial charge >= 0.3 is 5.97 Å². The second-order valence-corrected chi connectivity index (χ2v) is 8.99. The van der Waals surface area contributed by atoms with Crippen molar-refractivity contribution in [1.82, 2.24) is 9.97 Å². The summed E-state index contributed by atoms with van der Waals surface area (Å²) in [5, 5.41) is 0.944. The highest BCUT2D eigenvalue weighted by atomic mass is 16.5. The molecule has 7 nitrogen and oxygen atoms in total. The van der Waals surface area contributed by atoms with Crippen LogP contribution in [0.2, 0.25) is 0 Å². The number of nitrogens with zero attached hydrogens (tertiary/aromatic N) is 2. The van der Waals surface area contributed by atoms with Crippen molar-refractivity contribution in [2.45, 2.75) is 33.1 Å². The molecule has 0 bridgehead atoms. The van der Waals surface area contributed by atoms with Gasteiger partial charge in [0.2, 0.25) is 5.43 Å². The summed E-state index contributed by atoms with van der Waals surface area (Å²) in [4.78, 5) is 36.9. The van der Waals surface area contributed by atoms with Gasteiger partial charge in [0.1, 0.15) is 11.4 Å². The molecule has 1 saturated carbocycles. The molecule has 172 valence electrons. The third-order valence-electron chi connectivity index (χ3n) is 7.02. The third-order valence-corrected chi connectivity index (χ3v) is 7.02. The molecular formula is C26H29N3O4. The van der Waals surface area contributed by atoms with Crippen LogP contribution in [0.3, 0.4) is 0 Å². The minimum absolute atomic E-state index is 0.0444. The van der Waals surface area contributed by atoms with Crippen LogP contribution in [-0.2, 0) is 4.74 Å². The van der Waals surface area contributed by atoms with Crippen molar-refractivity contribution >= 4 is 22.7 Å². The van der Waals surface area contributed by atoms with Gasteiger partial charge < -0.3 is 19.4 Å². The van der Waals surface area contributed by atoms with E-state index in [1.165, 1.54) is 26.4 Å². The molecule has 0 radical (unpaired) electrons. The van der Waals surface area contributed by atoms with E-state index in [0.29, 0.717) is 23.2 Å². The molecule has 3 heterocycles. The molecule has 1 aliphatic carbocycles. The van der Waals surface area contributed by atoms with Crippen LogP contribution in [0.4, 0.5) is 5.82 Å². The standard InChI is InChI=1S/C26H29N3O4/c1-4-33-26(31)21-22(27-15(2)24(32-3)23(21)30)19-12-16-8-5-6-11-20(16)28-25(19)29-13-17-9-7-10-18(17)14-29/h5-6,8,11-12,17-18H,4,7,9-10,13-14H2,1-3H3,(H,27,30). The maximum atomic E-state index is 13.3. The molecule has 1 N–H and O–H groups in total. The van der Waals surface area contributed by atoms with Crippen LogP contribution < -0.4 is 15.1 Å². The Morgan fingerprint density at radius 3 is 2.64 bits per heavy atom. The molecular weight excluding hydrogens is 418 g/mol. The molecule has 2 aromatic heterocycles. The topological polar surface area (TPSA) is 84.5 Å². The van der Waals surface area contributed by atoms with E-state index in [4.69, 9.17) is 14.5 Å². The molecule has 1 aliphatic heterocycles. The van der Waals surface area contributed by atoms with Crippen molar-refractivity contribution in [3.8, 4) is 17.0 Å². The second kappa shape index (κ2) is 8.54. The number of benzene rings is 1. The molecule has 33 heavy (non-hydrogen) atoms. The number of carbonyl (C=O) groups excluding carboxylic acids is 1. The summed E-state index contributed by atoms with van der Waals surface area (Å²) in [6, 6.07) is 9.94. The maximum absolute atomic E-state index is 13.3. The predicted molar refractivity (Wildman–Crippen MR) is 128 cm³/mol. The number of aryl methyl sites for hydroxylation is 1. The van der Waals surface area contributed by atoms with Crippen molar-refractivity contribution < 1.29 is 14.3 Å². The number of aromatic amines is 1. The van der Waals surface area contributed by atoms with Crippen LogP contribution in [0, 0.1) is 18.8 Å². The number of ether oxygens (including phenoxy) is 2. The summed E-state index contributed by atoms with van der Waals surface area (Å²) in [5.74, 6) is 1.60. The molecule has 2 unspecified atom stereocenters. The van der Waals surface area contributed by atoms with Crippen molar-refractivity contribution in [2.75, 3.05) is 31.7 Å². The zero-order chi connectivity index (χ0) is 23.1. The number of nitrogens with one attached hydrogen (secondary N) is 1. The first kappa shape index (κ1) is 21.5. The van der Waals surface area contributed by atoms with Crippen LogP contribution in [0.5, 0.6) is 5.75 Å². The van der Waals surface area contributed by atoms with E-state index in [9.17, 15) is 9.59 Å². The van der Waals surface area contributed by atoms with Crippen LogP contribution in [-0.4, -0.2) is 42.7 Å². The number of carbonyl (C=O) groups is 1. The highest BCUT2D eigenvalue weighted by Gasteiger charge is 2.38. The van der Waals surface area contributed by atoms with E-state index < -0.39 is 11.4 Å². The molecule has 0 spiro atoms. The molecule has 7 heteroatoms. The van der Waals surface area contributed by atoms with E-state index in [1.807, 2.05) is 30.3 Å². The molecule has 1 aromatic carbocycles. The Morgan fingerprint density at radius 1 is 1.21 bits per heavy atom. The number of para-hydroxylation sites is 1. The lowest BCUT2D eigenvalue weighted by molar-refractivity contribution is 0.0525. The highest BCUT2D eigenvalue weighted by molar-refractivity contribution is 6.00. The van der Waals surface area contributed by atoms with Gasteiger partial charge in [0.15, 0.2) is 5.75 Å². The summed E-state index contributed by atoms with van der Waals surface area (Å²) < 4.78 is 10.6.